The van der Waals surface area contributed by atoms with Crippen LogP contribution in [0.5, 0.6) is 11.5 Å². The Morgan fingerprint density at radius 1 is 0.493 bits per heavy atom. The van der Waals surface area contributed by atoms with Crippen molar-refractivity contribution in [1.29, 1.82) is 0 Å². The van der Waals surface area contributed by atoms with E-state index >= 15 is 0 Å². The van der Waals surface area contributed by atoms with Gasteiger partial charge in [0.05, 0.1) is 37.4 Å². The van der Waals surface area contributed by atoms with Gasteiger partial charge in [0.2, 0.25) is 0 Å². The minimum Gasteiger partial charge on any atom is -0.744 e. The molecule has 69 heavy (non-hydrogen) atoms. The summed E-state index contributed by atoms with van der Waals surface area (Å²) < 4.78 is 108. The topological polar surface area (TPSA) is 341 Å². The molecule has 0 aromatic heterocycles. The molecule has 1 amide bonds. The molecule has 8 aromatic rings. The monoisotopic (exact) mass is 1010 g/mol. The van der Waals surface area contributed by atoms with E-state index in [1.807, 2.05) is 0 Å². The Bertz CT molecular complexity index is 3790. The third-order valence-electron chi connectivity index (χ3n) is 9.83. The number of hydrogen-bond acceptors (Lipinski definition) is 19. The van der Waals surface area contributed by atoms with E-state index in [0.717, 1.165) is 24.3 Å². The fourth-order valence-electron chi connectivity index (χ4n) is 6.72. The van der Waals surface area contributed by atoms with Crippen LogP contribution in [0.3, 0.4) is 0 Å². The molecule has 0 aliphatic heterocycles. The second-order valence-electron chi connectivity index (χ2n) is 14.2. The molecule has 0 aliphatic carbocycles. The van der Waals surface area contributed by atoms with Crippen molar-refractivity contribution < 1.29 is 143 Å². The molecule has 0 unspecified atom stereocenters. The van der Waals surface area contributed by atoms with Crippen molar-refractivity contribution in [3.05, 3.63) is 139 Å². The average molecular weight is 1010 g/mol. The predicted molar refractivity (Wildman–Crippen MR) is 237 cm³/mol. The number of amides is 1. The van der Waals surface area contributed by atoms with Gasteiger partial charge in [0, 0.05) is 38.5 Å². The van der Waals surface area contributed by atoms with E-state index in [2.05, 4.69) is 36.0 Å². The van der Waals surface area contributed by atoms with Crippen molar-refractivity contribution in [1.82, 2.24) is 0 Å². The summed E-state index contributed by atoms with van der Waals surface area (Å²) in [5.41, 5.74) is 5.67. The number of aromatic hydroxyl groups is 2. The summed E-state index contributed by atoms with van der Waals surface area (Å²) in [5, 5.41) is 50.2. The number of phenolic OH excluding ortho intramolecular Hbond substituents is 2. The van der Waals surface area contributed by atoms with Crippen LogP contribution >= 0.6 is 0 Å². The van der Waals surface area contributed by atoms with Gasteiger partial charge in [0.1, 0.15) is 41.7 Å². The number of nitrogen functional groups attached to an aromatic ring is 1. The van der Waals surface area contributed by atoms with E-state index in [1.165, 1.54) is 84.9 Å². The van der Waals surface area contributed by atoms with Crippen molar-refractivity contribution in [2.24, 2.45) is 30.7 Å². The van der Waals surface area contributed by atoms with E-state index in [1.54, 1.807) is 24.3 Å². The van der Waals surface area contributed by atoms with Gasteiger partial charge in [0.15, 0.2) is 11.5 Å². The Morgan fingerprint density at radius 2 is 1.00 bits per heavy atom. The van der Waals surface area contributed by atoms with Gasteiger partial charge in [-0.1, -0.05) is 30.3 Å². The minimum atomic E-state index is -5.29. The van der Waals surface area contributed by atoms with Crippen LogP contribution in [-0.2, 0) is 30.4 Å². The first-order chi connectivity index (χ1) is 31.2. The molecule has 8 rings (SSSR count). The number of benzene rings is 8. The summed E-state index contributed by atoms with van der Waals surface area (Å²) in [6.07, 6.45) is 0. The Labute approximate surface area is 458 Å². The summed E-state index contributed by atoms with van der Waals surface area (Å²) in [7, 11) is -15.1. The molecular formula is C43H27N8Na3O12S3. The zero-order valence-electron chi connectivity index (χ0n) is 36.2. The largest absolute Gasteiger partial charge is 1.00 e. The first-order valence-corrected chi connectivity index (χ1v) is 23.0. The maximum Gasteiger partial charge on any atom is 1.00 e. The molecule has 332 valence electrons. The zero-order valence-corrected chi connectivity index (χ0v) is 44.6. The summed E-state index contributed by atoms with van der Waals surface area (Å²) in [5.74, 6) is -1.97. The summed E-state index contributed by atoms with van der Waals surface area (Å²) >= 11 is 0. The number of fused-ring (bicyclic) bond motifs is 3. The van der Waals surface area contributed by atoms with Crippen LogP contribution in [0.25, 0.3) is 32.3 Å². The van der Waals surface area contributed by atoms with Crippen molar-refractivity contribution in [2.75, 3.05) is 11.1 Å². The SMILES string of the molecule is Nc1ccc2c(O)c(N=Nc3ccc(C(=O)Nc4ccc5c(O)c(N=Nc6ccc(N=Nc7cccc(S(=O)(=O)[O-])c7)c7ccccc67)c(S(=O)(=O)[O-])cc5c4)cc3)c(S(=O)(=O)[O-])cc2c1.[Na+].[Na+].[Na+]. The number of anilines is 2. The predicted octanol–water partition coefficient (Wildman–Crippen LogP) is 0.362. The fourth-order valence-corrected chi connectivity index (χ4v) is 8.52. The molecule has 0 atom stereocenters. The molecule has 0 aliphatic rings. The summed E-state index contributed by atoms with van der Waals surface area (Å²) in [6, 6.07) is 30.3. The first-order valence-electron chi connectivity index (χ1n) is 18.8. The quantitative estimate of drug-likeness (QED) is 0.0590. The Balaban J connectivity index is 0.00000296. The number of carbonyl (C=O) groups excluding carboxylic acids is 1. The van der Waals surface area contributed by atoms with Gasteiger partial charge in [-0.05, 0) is 114 Å². The molecule has 0 saturated heterocycles. The minimum absolute atomic E-state index is 0. The van der Waals surface area contributed by atoms with Crippen LogP contribution in [0.1, 0.15) is 10.4 Å². The normalized spacial score (nSPS) is 12.0. The summed E-state index contributed by atoms with van der Waals surface area (Å²) in [4.78, 5) is 11.0. The van der Waals surface area contributed by atoms with Gasteiger partial charge in [-0.3, -0.25) is 4.79 Å². The van der Waals surface area contributed by atoms with Gasteiger partial charge in [-0.25, -0.2) is 25.3 Å². The molecule has 0 radical (unpaired) electrons. The number of hydrogen-bond donors (Lipinski definition) is 4. The Morgan fingerprint density at radius 3 is 1.55 bits per heavy atom. The van der Waals surface area contributed by atoms with Gasteiger partial charge < -0.3 is 34.9 Å². The average Bonchev–Trinajstić information content (AvgIpc) is 3.27. The van der Waals surface area contributed by atoms with Gasteiger partial charge in [-0.2, -0.15) is 10.2 Å². The second kappa shape index (κ2) is 21.9. The first kappa shape index (κ1) is 54.9. The molecule has 8 aromatic carbocycles. The second-order valence-corrected chi connectivity index (χ2v) is 18.2. The van der Waals surface area contributed by atoms with Crippen molar-refractivity contribution >= 4 is 114 Å². The van der Waals surface area contributed by atoms with Gasteiger partial charge in [0.25, 0.3) is 5.91 Å². The fraction of sp³-hybridized carbons (Fsp3) is 0. The van der Waals surface area contributed by atoms with E-state index in [-0.39, 0.29) is 144 Å². The molecule has 0 fully saturated rings. The number of phenols is 2. The van der Waals surface area contributed by atoms with E-state index in [9.17, 15) is 53.9 Å². The Kier molecular flexibility index (Phi) is 17.4. The van der Waals surface area contributed by atoms with Gasteiger partial charge in [-0.15, -0.1) is 20.5 Å². The molecule has 0 heterocycles. The third kappa shape index (κ3) is 12.3. The summed E-state index contributed by atoms with van der Waals surface area (Å²) in [6.45, 7) is 0. The van der Waals surface area contributed by atoms with E-state index < -0.39 is 73.8 Å². The smallest absolute Gasteiger partial charge is 0.744 e. The molecule has 0 bridgehead atoms. The number of nitrogens with one attached hydrogen (secondary N) is 1. The molecule has 26 heteroatoms. The number of carbonyl (C=O) groups is 1. The van der Waals surface area contributed by atoms with Crippen LogP contribution in [0.15, 0.2) is 179 Å². The zero-order chi connectivity index (χ0) is 47.1. The van der Waals surface area contributed by atoms with Crippen LogP contribution in [-0.4, -0.2) is 55.0 Å². The van der Waals surface area contributed by atoms with Gasteiger partial charge >= 0.3 is 88.7 Å². The van der Waals surface area contributed by atoms with E-state index in [4.69, 9.17) is 5.73 Å². The molecular weight excluding hydrogens is 986 g/mol. The number of rotatable bonds is 11. The standard InChI is InChI=1S/C43H30N8O12S3.3Na/c44-26-10-14-31-24(18-26)20-37(65(58,59)60)39(41(31)52)50-46-27-11-8-23(9-12-27)43(54)45-28-13-15-32-25(19-28)21-38(66(61,62)63)40(42(32)53)51-49-36-17-16-35(33-6-1-2-7-34(33)36)48-47-29-4-3-5-30(22-29)64(55,56)57;;;/h1-22,52-53H,44H2,(H,45,54)(H,55,56,57)(H,58,59,60)(H,61,62,63);;;/q;3*+1/p-3. The number of azo groups is 3. The van der Waals surface area contributed by atoms with E-state index in [0.29, 0.717) is 16.5 Å². The third-order valence-corrected chi connectivity index (χ3v) is 12.4. The number of nitrogens with two attached hydrogens (primary N) is 1. The van der Waals surface area contributed by atoms with Crippen LogP contribution in [0, 0.1) is 0 Å². The van der Waals surface area contributed by atoms with Crippen molar-refractivity contribution in [2.45, 2.75) is 14.7 Å². The maximum atomic E-state index is 13.2. The van der Waals surface area contributed by atoms with Crippen LogP contribution < -0.4 is 99.7 Å². The van der Waals surface area contributed by atoms with Crippen LogP contribution in [0.4, 0.5) is 45.5 Å². The van der Waals surface area contributed by atoms with Crippen LogP contribution in [0.2, 0.25) is 0 Å². The molecule has 0 spiro atoms. The maximum absolute atomic E-state index is 13.2. The number of nitrogens with zero attached hydrogens (tertiary/aromatic N) is 6. The molecule has 20 nitrogen and oxygen atoms in total. The van der Waals surface area contributed by atoms with Crippen molar-refractivity contribution in [3.8, 4) is 11.5 Å². The molecule has 5 N–H and O–H groups in total. The Hall–Kier alpha value is -5.06. The molecule has 0 saturated carbocycles. The van der Waals surface area contributed by atoms with Crippen molar-refractivity contribution in [3.63, 3.8) is 0 Å².